The molecule has 0 aliphatic carbocycles. The summed E-state index contributed by atoms with van der Waals surface area (Å²) >= 11 is 0. The summed E-state index contributed by atoms with van der Waals surface area (Å²) in [6.07, 6.45) is 19.3. The largest absolute Gasteiger partial charge is 0.397 e. The van der Waals surface area contributed by atoms with Crippen molar-refractivity contribution in [2.45, 2.75) is 217 Å². The average Bonchev–Trinajstić information content (AvgIpc) is 3.14. The number of unbranched alkanes of at least 4 members (excludes halogenated alkanes) is 18. The zero-order valence-electron chi connectivity index (χ0n) is 34.1. The fourth-order valence-corrected chi connectivity index (χ4v) is 7.22. The standard InChI is InChI=1S/C41H77NO12S/c1-4-6-8-10-12-13-14-15-16-18-20-24-29-35(45)40(48)42-33(31-52-41-38(47)39(54-55(49,50)51)37(46)36(30-43)53-41)34(44)28-25-21-23-27-32(3)26-22-19-17-11-9-7-5-2/h25,27-28,33-39,41,43-47H,4-24,26,29-31H2,1-3H3,(H,42,48)(H,49,50,51)/b28-25+,32-27+/t33-,34+,35+,36+,37+,38+,39-,41+/m0/s1. The third-order valence-corrected chi connectivity index (χ3v) is 10.7. The van der Waals surface area contributed by atoms with E-state index in [0.29, 0.717) is 12.8 Å². The van der Waals surface area contributed by atoms with Gasteiger partial charge in [-0.2, -0.15) is 8.42 Å². The monoisotopic (exact) mass is 808 g/mol. The number of ether oxygens (including phenoxy) is 2. The van der Waals surface area contributed by atoms with E-state index in [4.69, 9.17) is 14.0 Å². The quantitative estimate of drug-likeness (QED) is 0.0215. The molecule has 1 saturated heterocycles. The van der Waals surface area contributed by atoms with Gasteiger partial charge in [0.05, 0.1) is 25.4 Å². The highest BCUT2D eigenvalue weighted by Gasteiger charge is 2.48. The molecular formula is C41H77NO12S. The van der Waals surface area contributed by atoms with Crippen LogP contribution in [-0.2, 0) is 28.9 Å². The number of carbonyl (C=O) groups is 1. The minimum Gasteiger partial charge on any atom is -0.394 e. The highest BCUT2D eigenvalue weighted by atomic mass is 32.3. The number of aliphatic hydroxyl groups excluding tert-OH is 5. The summed E-state index contributed by atoms with van der Waals surface area (Å²) in [4.78, 5) is 13.1. The zero-order valence-corrected chi connectivity index (χ0v) is 34.9. The van der Waals surface area contributed by atoms with Gasteiger partial charge in [0.2, 0.25) is 5.91 Å². The molecule has 0 bridgehead atoms. The Kier molecular flexibility index (Phi) is 29.5. The van der Waals surface area contributed by atoms with Crippen molar-refractivity contribution < 1.29 is 57.0 Å². The smallest absolute Gasteiger partial charge is 0.394 e. The van der Waals surface area contributed by atoms with Gasteiger partial charge in [-0.3, -0.25) is 9.35 Å². The van der Waals surface area contributed by atoms with E-state index in [2.05, 4.69) is 36.3 Å². The molecule has 1 heterocycles. The Balaban J connectivity index is 2.75. The summed E-state index contributed by atoms with van der Waals surface area (Å²) in [5, 5.41) is 55.1. The summed E-state index contributed by atoms with van der Waals surface area (Å²) in [6.45, 7) is 5.27. The van der Waals surface area contributed by atoms with Gasteiger partial charge in [-0.15, -0.1) is 0 Å². The predicted octanol–water partition coefficient (Wildman–Crippen LogP) is 6.35. The molecule has 0 saturated carbocycles. The van der Waals surface area contributed by atoms with E-state index in [1.54, 1.807) is 6.08 Å². The third kappa shape index (κ3) is 24.8. The van der Waals surface area contributed by atoms with Gasteiger partial charge in [0.15, 0.2) is 6.29 Å². The maximum atomic E-state index is 13.1. The lowest BCUT2D eigenvalue weighted by Gasteiger charge is -2.41. The highest BCUT2D eigenvalue weighted by molar-refractivity contribution is 7.80. The Morgan fingerprint density at radius 2 is 1.33 bits per heavy atom. The van der Waals surface area contributed by atoms with Crippen LogP contribution in [0.2, 0.25) is 0 Å². The Labute approximate surface area is 332 Å². The van der Waals surface area contributed by atoms with Crippen LogP contribution in [0.1, 0.15) is 168 Å². The van der Waals surface area contributed by atoms with E-state index in [0.717, 1.165) is 38.5 Å². The Hall–Kier alpha value is -1.46. The van der Waals surface area contributed by atoms with Gasteiger partial charge in [-0.1, -0.05) is 153 Å². The molecule has 1 fully saturated rings. The van der Waals surface area contributed by atoms with E-state index in [-0.39, 0.29) is 6.42 Å². The first-order chi connectivity index (χ1) is 26.3. The summed E-state index contributed by atoms with van der Waals surface area (Å²) in [5.41, 5.74) is 1.32. The second kappa shape index (κ2) is 31.5. The molecular weight excluding hydrogens is 731 g/mol. The molecule has 14 heteroatoms. The number of carbonyl (C=O) groups excluding carboxylic acids is 1. The summed E-state index contributed by atoms with van der Waals surface area (Å²) in [5.74, 6) is -0.714. The van der Waals surface area contributed by atoms with Gasteiger partial charge < -0.3 is 40.3 Å². The van der Waals surface area contributed by atoms with Gasteiger partial charge >= 0.3 is 10.4 Å². The molecule has 1 amide bonds. The number of hydrogen-bond donors (Lipinski definition) is 7. The van der Waals surface area contributed by atoms with Crippen LogP contribution in [-0.4, -0.2) is 107 Å². The Morgan fingerprint density at radius 3 is 1.85 bits per heavy atom. The van der Waals surface area contributed by atoms with Crippen molar-refractivity contribution >= 4 is 16.3 Å². The molecule has 0 aromatic heterocycles. The number of rotatable bonds is 34. The van der Waals surface area contributed by atoms with Crippen LogP contribution in [0.3, 0.4) is 0 Å². The molecule has 324 valence electrons. The van der Waals surface area contributed by atoms with Crippen LogP contribution < -0.4 is 5.32 Å². The van der Waals surface area contributed by atoms with Gasteiger partial charge in [0, 0.05) is 0 Å². The zero-order chi connectivity index (χ0) is 40.9. The second-order valence-electron chi connectivity index (χ2n) is 15.3. The van der Waals surface area contributed by atoms with Crippen LogP contribution >= 0.6 is 0 Å². The first kappa shape index (κ1) is 51.6. The van der Waals surface area contributed by atoms with Crippen molar-refractivity contribution in [1.82, 2.24) is 5.32 Å². The van der Waals surface area contributed by atoms with Crippen molar-refractivity contribution in [3.63, 3.8) is 0 Å². The molecule has 1 aliphatic heterocycles. The van der Waals surface area contributed by atoms with E-state index < -0.39 is 78.5 Å². The van der Waals surface area contributed by atoms with Crippen LogP contribution in [0.5, 0.6) is 0 Å². The molecule has 0 aromatic carbocycles. The van der Waals surface area contributed by atoms with E-state index in [9.17, 15) is 38.7 Å². The first-order valence-electron chi connectivity index (χ1n) is 21.2. The number of hydrogen-bond acceptors (Lipinski definition) is 11. The maximum absolute atomic E-state index is 13.1. The summed E-state index contributed by atoms with van der Waals surface area (Å²) in [7, 11) is -5.12. The summed E-state index contributed by atoms with van der Waals surface area (Å²) < 4.78 is 47.4. The lowest BCUT2D eigenvalue weighted by molar-refractivity contribution is -0.298. The molecule has 55 heavy (non-hydrogen) atoms. The molecule has 1 aliphatic rings. The van der Waals surface area contributed by atoms with E-state index in [1.807, 2.05) is 0 Å². The van der Waals surface area contributed by atoms with Crippen LogP contribution in [0, 0.1) is 0 Å². The number of amides is 1. The number of allylic oxidation sites excluding steroid dienone is 3. The summed E-state index contributed by atoms with van der Waals surface area (Å²) in [6, 6.07) is -1.13. The highest BCUT2D eigenvalue weighted by Crippen LogP contribution is 2.26. The maximum Gasteiger partial charge on any atom is 0.397 e. The van der Waals surface area contributed by atoms with Crippen LogP contribution in [0.4, 0.5) is 0 Å². The van der Waals surface area contributed by atoms with Crippen molar-refractivity contribution in [3.8, 4) is 0 Å². The second-order valence-corrected chi connectivity index (χ2v) is 16.3. The molecule has 0 spiro atoms. The normalized spacial score (nSPS) is 22.6. The van der Waals surface area contributed by atoms with E-state index >= 15 is 0 Å². The average molecular weight is 808 g/mol. The predicted molar refractivity (Wildman–Crippen MR) is 215 cm³/mol. The van der Waals surface area contributed by atoms with Crippen molar-refractivity contribution in [3.05, 3.63) is 23.8 Å². The molecule has 0 unspecified atom stereocenters. The fourth-order valence-electron chi connectivity index (χ4n) is 6.72. The molecule has 7 N–H and O–H groups in total. The minimum absolute atomic E-state index is 0.239. The molecule has 8 atom stereocenters. The number of nitrogens with one attached hydrogen (secondary N) is 1. The van der Waals surface area contributed by atoms with Crippen LogP contribution in [0.25, 0.3) is 0 Å². The SMILES string of the molecule is CCCCCCCCCCCCCC[C@@H](O)C(=O)N[C@@H](CO[C@@H]1O[C@H](CO)[C@@H](O)[C@H](OS(=O)(=O)O)[C@H]1O)[C@H](O)/C=C/CC/C=C(\C)CCCCCCCCC. The van der Waals surface area contributed by atoms with Crippen LogP contribution in [0.15, 0.2) is 23.8 Å². The fraction of sp³-hybridized carbons (Fsp3) is 0.878. The minimum atomic E-state index is -5.12. The molecule has 0 aromatic rings. The van der Waals surface area contributed by atoms with Crippen molar-refractivity contribution in [2.24, 2.45) is 0 Å². The lowest BCUT2D eigenvalue weighted by atomic mass is 9.99. The Morgan fingerprint density at radius 1 is 0.800 bits per heavy atom. The Bertz CT molecular complexity index is 1140. The molecule has 1 rings (SSSR count). The first-order valence-corrected chi connectivity index (χ1v) is 22.6. The van der Waals surface area contributed by atoms with Crippen molar-refractivity contribution in [1.29, 1.82) is 0 Å². The van der Waals surface area contributed by atoms with Gasteiger partial charge in [-0.05, 0) is 39.0 Å². The van der Waals surface area contributed by atoms with Crippen molar-refractivity contribution in [2.75, 3.05) is 13.2 Å². The molecule has 13 nitrogen and oxygen atoms in total. The van der Waals surface area contributed by atoms with E-state index in [1.165, 1.54) is 102 Å². The van der Waals surface area contributed by atoms with Gasteiger partial charge in [-0.25, -0.2) is 4.18 Å². The lowest BCUT2D eigenvalue weighted by Crippen LogP contribution is -2.61. The van der Waals surface area contributed by atoms with Gasteiger partial charge in [0.25, 0.3) is 0 Å². The molecule has 0 radical (unpaired) electrons. The van der Waals surface area contributed by atoms with Gasteiger partial charge in [0.1, 0.15) is 30.5 Å². The third-order valence-electron chi connectivity index (χ3n) is 10.2. The number of aliphatic hydroxyl groups is 5. The topological polar surface area (TPSA) is 212 Å².